The normalized spacial score (nSPS) is 12.8. The molecule has 0 bridgehead atoms. The average molecular weight is 362 g/mol. The zero-order valence-electron chi connectivity index (χ0n) is 13.9. The molecule has 5 nitrogen and oxygen atoms in total. The molecule has 0 aliphatic heterocycles. The number of anilines is 1. The molecule has 136 valence electrons. The smallest absolute Gasteiger partial charge is 0.359 e. The summed E-state index contributed by atoms with van der Waals surface area (Å²) >= 11 is 0. The standard InChI is InChI=1S/C18H17F3N4O/c1-22-16(26)10-15(11-5-4-6-12(9-11)18(19,20)21)25-17-23-13-7-2-3-8-14(13)24-17/h2-9,15H,10H2,1H3,(H,22,26)(H2,23,24,25). The average Bonchev–Trinajstić information content (AvgIpc) is 3.02. The van der Waals surface area contributed by atoms with Gasteiger partial charge in [-0.05, 0) is 29.8 Å². The van der Waals surface area contributed by atoms with Crippen molar-refractivity contribution in [3.05, 3.63) is 59.7 Å². The van der Waals surface area contributed by atoms with E-state index in [0.29, 0.717) is 11.5 Å². The Morgan fingerprint density at radius 3 is 2.65 bits per heavy atom. The van der Waals surface area contributed by atoms with Gasteiger partial charge in [-0.15, -0.1) is 0 Å². The van der Waals surface area contributed by atoms with Gasteiger partial charge in [-0.3, -0.25) is 4.79 Å². The predicted molar refractivity (Wildman–Crippen MR) is 92.6 cm³/mol. The third-order valence-corrected chi connectivity index (χ3v) is 3.99. The van der Waals surface area contributed by atoms with Crippen molar-refractivity contribution in [2.45, 2.75) is 18.6 Å². The van der Waals surface area contributed by atoms with Crippen molar-refractivity contribution in [3.63, 3.8) is 0 Å². The van der Waals surface area contributed by atoms with Crippen LogP contribution in [0.5, 0.6) is 0 Å². The summed E-state index contributed by atoms with van der Waals surface area (Å²) in [6, 6.07) is 11.6. The topological polar surface area (TPSA) is 69.8 Å². The van der Waals surface area contributed by atoms with Gasteiger partial charge in [-0.2, -0.15) is 13.2 Å². The third-order valence-electron chi connectivity index (χ3n) is 3.99. The fraction of sp³-hybridized carbons (Fsp3) is 0.222. The van der Waals surface area contributed by atoms with Gasteiger partial charge in [0, 0.05) is 7.05 Å². The van der Waals surface area contributed by atoms with Crippen LogP contribution in [0.2, 0.25) is 0 Å². The number of aromatic nitrogens is 2. The van der Waals surface area contributed by atoms with Crippen molar-refractivity contribution in [2.24, 2.45) is 0 Å². The van der Waals surface area contributed by atoms with Crippen LogP contribution in [0.15, 0.2) is 48.5 Å². The summed E-state index contributed by atoms with van der Waals surface area (Å²) in [6.07, 6.45) is -4.48. The van der Waals surface area contributed by atoms with Crippen molar-refractivity contribution >= 4 is 22.9 Å². The Hall–Kier alpha value is -3.03. The number of fused-ring (bicyclic) bond motifs is 1. The summed E-state index contributed by atoms with van der Waals surface area (Å²) in [5.41, 5.74) is 1.10. The van der Waals surface area contributed by atoms with Crippen molar-refractivity contribution in [3.8, 4) is 0 Å². The largest absolute Gasteiger partial charge is 0.416 e. The Morgan fingerprint density at radius 2 is 1.96 bits per heavy atom. The van der Waals surface area contributed by atoms with E-state index in [-0.39, 0.29) is 12.3 Å². The maximum absolute atomic E-state index is 13.0. The molecule has 3 rings (SSSR count). The van der Waals surface area contributed by atoms with E-state index >= 15 is 0 Å². The monoisotopic (exact) mass is 362 g/mol. The molecule has 0 saturated heterocycles. The number of H-pyrrole nitrogens is 1. The number of halogens is 3. The SMILES string of the molecule is CNC(=O)CC(Nc1nc2ccccc2[nH]1)c1cccc(C(F)(F)F)c1. The summed E-state index contributed by atoms with van der Waals surface area (Å²) in [7, 11) is 1.48. The second-order valence-corrected chi connectivity index (χ2v) is 5.80. The van der Waals surface area contributed by atoms with Gasteiger partial charge in [0.25, 0.3) is 0 Å². The van der Waals surface area contributed by atoms with Crippen LogP contribution in [0.1, 0.15) is 23.6 Å². The van der Waals surface area contributed by atoms with E-state index < -0.39 is 17.8 Å². The molecule has 0 saturated carbocycles. The van der Waals surface area contributed by atoms with E-state index in [4.69, 9.17) is 0 Å². The minimum atomic E-state index is -4.45. The van der Waals surface area contributed by atoms with Crippen LogP contribution < -0.4 is 10.6 Å². The number of imidazole rings is 1. The zero-order chi connectivity index (χ0) is 18.7. The lowest BCUT2D eigenvalue weighted by Gasteiger charge is -2.19. The van der Waals surface area contributed by atoms with E-state index in [1.165, 1.54) is 13.1 Å². The molecule has 2 aromatic carbocycles. The van der Waals surface area contributed by atoms with E-state index in [0.717, 1.165) is 23.2 Å². The summed E-state index contributed by atoms with van der Waals surface area (Å²) < 4.78 is 39.0. The maximum atomic E-state index is 13.0. The Bertz CT molecular complexity index is 887. The Balaban J connectivity index is 1.93. The highest BCUT2D eigenvalue weighted by Gasteiger charge is 2.31. The van der Waals surface area contributed by atoms with E-state index in [9.17, 15) is 18.0 Å². The van der Waals surface area contributed by atoms with Gasteiger partial charge < -0.3 is 15.6 Å². The Morgan fingerprint density at radius 1 is 1.19 bits per heavy atom. The van der Waals surface area contributed by atoms with Crippen LogP contribution in [-0.2, 0) is 11.0 Å². The molecule has 0 spiro atoms. The van der Waals surface area contributed by atoms with Gasteiger partial charge >= 0.3 is 6.18 Å². The number of rotatable bonds is 5. The third kappa shape index (κ3) is 3.96. The molecule has 1 atom stereocenters. The van der Waals surface area contributed by atoms with Crippen LogP contribution in [0, 0.1) is 0 Å². The first-order valence-electron chi connectivity index (χ1n) is 7.96. The number of amides is 1. The molecular formula is C18H17F3N4O. The molecular weight excluding hydrogens is 345 g/mol. The molecule has 0 aliphatic rings. The Labute approximate surface area is 147 Å². The number of alkyl halides is 3. The first-order chi connectivity index (χ1) is 12.4. The molecule has 0 aliphatic carbocycles. The lowest BCUT2D eigenvalue weighted by Crippen LogP contribution is -2.24. The number of nitrogens with one attached hydrogen (secondary N) is 3. The van der Waals surface area contributed by atoms with E-state index in [1.807, 2.05) is 24.3 Å². The number of carbonyl (C=O) groups is 1. The molecule has 1 heterocycles. The fourth-order valence-electron chi connectivity index (χ4n) is 2.66. The number of carbonyl (C=O) groups excluding carboxylic acids is 1. The number of benzene rings is 2. The molecule has 26 heavy (non-hydrogen) atoms. The minimum absolute atomic E-state index is 0.0329. The highest BCUT2D eigenvalue weighted by Crippen LogP contribution is 2.32. The molecule has 3 N–H and O–H groups in total. The fourth-order valence-corrected chi connectivity index (χ4v) is 2.66. The Kier molecular flexibility index (Phi) is 4.83. The van der Waals surface area contributed by atoms with Crippen molar-refractivity contribution < 1.29 is 18.0 Å². The highest BCUT2D eigenvalue weighted by atomic mass is 19.4. The number of para-hydroxylation sites is 2. The van der Waals surface area contributed by atoms with E-state index in [2.05, 4.69) is 20.6 Å². The van der Waals surface area contributed by atoms with Crippen LogP contribution >= 0.6 is 0 Å². The summed E-state index contributed by atoms with van der Waals surface area (Å²) in [6.45, 7) is 0. The van der Waals surface area contributed by atoms with Crippen LogP contribution in [0.4, 0.5) is 19.1 Å². The number of hydrogen-bond donors (Lipinski definition) is 3. The lowest BCUT2D eigenvalue weighted by molar-refractivity contribution is -0.137. The maximum Gasteiger partial charge on any atom is 0.416 e. The van der Waals surface area contributed by atoms with Gasteiger partial charge in [0.05, 0.1) is 29.1 Å². The molecule has 1 unspecified atom stereocenters. The minimum Gasteiger partial charge on any atom is -0.359 e. The molecule has 0 radical (unpaired) electrons. The lowest BCUT2D eigenvalue weighted by atomic mass is 10.0. The molecule has 0 fully saturated rings. The highest BCUT2D eigenvalue weighted by molar-refractivity contribution is 5.78. The molecule has 3 aromatic rings. The molecule has 1 aromatic heterocycles. The van der Waals surface area contributed by atoms with Gasteiger partial charge in [0.2, 0.25) is 11.9 Å². The zero-order valence-corrected chi connectivity index (χ0v) is 13.9. The first kappa shape index (κ1) is 17.8. The number of aromatic amines is 1. The van der Waals surface area contributed by atoms with Gasteiger partial charge in [0.1, 0.15) is 0 Å². The van der Waals surface area contributed by atoms with Gasteiger partial charge in [0.15, 0.2) is 0 Å². The van der Waals surface area contributed by atoms with Crippen molar-refractivity contribution in [1.82, 2.24) is 15.3 Å². The summed E-state index contributed by atoms with van der Waals surface area (Å²) in [5, 5.41) is 5.52. The van der Waals surface area contributed by atoms with Crippen molar-refractivity contribution in [2.75, 3.05) is 12.4 Å². The predicted octanol–water partition coefficient (Wildman–Crippen LogP) is 3.87. The second-order valence-electron chi connectivity index (χ2n) is 5.80. The van der Waals surface area contributed by atoms with Crippen molar-refractivity contribution in [1.29, 1.82) is 0 Å². The quantitative estimate of drug-likeness (QED) is 0.645. The first-order valence-corrected chi connectivity index (χ1v) is 7.96. The number of nitrogens with zero attached hydrogens (tertiary/aromatic N) is 1. The van der Waals surface area contributed by atoms with Gasteiger partial charge in [-0.1, -0.05) is 24.3 Å². The van der Waals surface area contributed by atoms with Crippen LogP contribution in [-0.4, -0.2) is 22.9 Å². The summed E-state index contributed by atoms with van der Waals surface area (Å²) in [4.78, 5) is 19.3. The van der Waals surface area contributed by atoms with Crippen LogP contribution in [0.3, 0.4) is 0 Å². The molecule has 8 heteroatoms. The van der Waals surface area contributed by atoms with Crippen LogP contribution in [0.25, 0.3) is 11.0 Å². The number of hydrogen-bond acceptors (Lipinski definition) is 3. The van der Waals surface area contributed by atoms with Gasteiger partial charge in [-0.25, -0.2) is 4.98 Å². The molecule has 1 amide bonds. The summed E-state index contributed by atoms with van der Waals surface area (Å²) in [5.74, 6) is 0.0912. The van der Waals surface area contributed by atoms with E-state index in [1.54, 1.807) is 6.07 Å². The second kappa shape index (κ2) is 7.07.